The lowest BCUT2D eigenvalue weighted by molar-refractivity contribution is -0.203. The molecule has 4 nitrogen and oxygen atoms in total. The minimum Gasteiger partial charge on any atom is -0.491 e. The first-order valence-electron chi connectivity index (χ1n) is 6.74. The van der Waals surface area contributed by atoms with E-state index in [1.165, 1.54) is 0 Å². The van der Waals surface area contributed by atoms with E-state index in [1.54, 1.807) is 7.11 Å². The summed E-state index contributed by atoms with van der Waals surface area (Å²) in [6, 6.07) is 7.77. The second-order valence-corrected chi connectivity index (χ2v) is 6.13. The fourth-order valence-electron chi connectivity index (χ4n) is 2.13. The highest BCUT2D eigenvalue weighted by Crippen LogP contribution is 2.24. The van der Waals surface area contributed by atoms with Gasteiger partial charge in [-0.1, -0.05) is 15.9 Å². The molecule has 2 unspecified atom stereocenters. The van der Waals surface area contributed by atoms with Crippen LogP contribution in [-0.4, -0.2) is 45.2 Å². The number of methoxy groups -OCH3 is 1. The summed E-state index contributed by atoms with van der Waals surface area (Å²) >= 11 is 3.40. The largest absolute Gasteiger partial charge is 0.491 e. The predicted molar refractivity (Wildman–Crippen MR) is 80.2 cm³/mol. The summed E-state index contributed by atoms with van der Waals surface area (Å²) in [5, 5.41) is 0. The average molecular weight is 345 g/mol. The van der Waals surface area contributed by atoms with Gasteiger partial charge in [-0.05, 0) is 31.2 Å². The molecule has 1 aliphatic rings. The first kappa shape index (κ1) is 15.8. The summed E-state index contributed by atoms with van der Waals surface area (Å²) in [4.78, 5) is 0. The number of hydrogen-bond acceptors (Lipinski definition) is 4. The zero-order chi connectivity index (χ0) is 14.4. The van der Waals surface area contributed by atoms with E-state index in [4.69, 9.17) is 18.9 Å². The van der Waals surface area contributed by atoms with Crippen LogP contribution in [0.25, 0.3) is 0 Å². The molecule has 0 aromatic heterocycles. The first-order chi connectivity index (χ1) is 9.61. The Hall–Kier alpha value is -0.620. The summed E-state index contributed by atoms with van der Waals surface area (Å²) in [6.07, 6.45) is 0.771. The van der Waals surface area contributed by atoms with Crippen LogP contribution >= 0.6 is 15.9 Å². The molecule has 0 N–H and O–H groups in total. The number of halogens is 1. The van der Waals surface area contributed by atoms with Gasteiger partial charge in [0.25, 0.3) is 0 Å². The summed E-state index contributed by atoms with van der Waals surface area (Å²) in [7, 11) is 1.70. The van der Waals surface area contributed by atoms with Crippen LogP contribution in [0.5, 0.6) is 5.75 Å². The van der Waals surface area contributed by atoms with E-state index >= 15 is 0 Å². The number of hydrogen-bond donors (Lipinski definition) is 0. The Morgan fingerprint density at radius 2 is 2.10 bits per heavy atom. The van der Waals surface area contributed by atoms with E-state index in [-0.39, 0.29) is 11.7 Å². The molecular formula is C15H21BrO4. The normalized spacial score (nSPS) is 26.4. The molecule has 1 saturated heterocycles. The molecule has 1 heterocycles. The lowest BCUT2D eigenvalue weighted by atomic mass is 10.0. The molecule has 5 heteroatoms. The summed E-state index contributed by atoms with van der Waals surface area (Å²) in [5.74, 6) is 0.834. The van der Waals surface area contributed by atoms with Gasteiger partial charge in [0.1, 0.15) is 18.5 Å². The highest BCUT2D eigenvalue weighted by atomic mass is 79.9. The van der Waals surface area contributed by atoms with Crippen molar-refractivity contribution in [3.05, 3.63) is 28.7 Å². The van der Waals surface area contributed by atoms with Gasteiger partial charge in [0.15, 0.2) is 0 Å². The lowest BCUT2D eigenvalue weighted by Crippen LogP contribution is -2.48. The van der Waals surface area contributed by atoms with Crippen molar-refractivity contribution >= 4 is 15.9 Å². The molecule has 0 amide bonds. The number of ether oxygens (including phenoxy) is 4. The Kier molecular flexibility index (Phi) is 5.84. The third kappa shape index (κ3) is 4.74. The summed E-state index contributed by atoms with van der Waals surface area (Å²) in [6.45, 7) is 4.38. The molecule has 1 aromatic rings. The van der Waals surface area contributed by atoms with Gasteiger partial charge in [0.2, 0.25) is 0 Å². The van der Waals surface area contributed by atoms with Gasteiger partial charge in [-0.2, -0.15) is 0 Å². The molecule has 1 aromatic carbocycles. The van der Waals surface area contributed by atoms with Crippen molar-refractivity contribution in [1.82, 2.24) is 0 Å². The van der Waals surface area contributed by atoms with Gasteiger partial charge in [-0.25, -0.2) is 0 Å². The Morgan fingerprint density at radius 1 is 1.35 bits per heavy atom. The zero-order valence-corrected chi connectivity index (χ0v) is 13.5. The Bertz CT molecular complexity index is 409. The maximum atomic E-state index is 6.08. The van der Waals surface area contributed by atoms with Crippen LogP contribution < -0.4 is 4.74 Å². The van der Waals surface area contributed by atoms with Crippen molar-refractivity contribution in [3.8, 4) is 5.75 Å². The van der Waals surface area contributed by atoms with Crippen molar-refractivity contribution in [2.24, 2.45) is 0 Å². The number of rotatable bonds is 6. The Labute approximate surface area is 128 Å². The Morgan fingerprint density at radius 3 is 2.80 bits per heavy atom. The van der Waals surface area contributed by atoms with E-state index in [1.807, 2.05) is 24.3 Å². The topological polar surface area (TPSA) is 36.9 Å². The summed E-state index contributed by atoms with van der Waals surface area (Å²) < 4.78 is 23.6. The zero-order valence-electron chi connectivity index (χ0n) is 11.9. The maximum Gasteiger partial charge on any atom is 0.119 e. The van der Waals surface area contributed by atoms with Gasteiger partial charge >= 0.3 is 0 Å². The van der Waals surface area contributed by atoms with Crippen molar-refractivity contribution in [2.75, 3.05) is 33.5 Å². The van der Waals surface area contributed by atoms with Gasteiger partial charge in [0, 0.05) is 24.6 Å². The van der Waals surface area contributed by atoms with Gasteiger partial charge in [-0.3, -0.25) is 0 Å². The van der Waals surface area contributed by atoms with Crippen LogP contribution in [0.4, 0.5) is 0 Å². The average Bonchev–Trinajstić information content (AvgIpc) is 2.45. The quantitative estimate of drug-likeness (QED) is 0.794. The smallest absolute Gasteiger partial charge is 0.119 e. The monoisotopic (exact) mass is 344 g/mol. The molecule has 0 bridgehead atoms. The van der Waals surface area contributed by atoms with E-state index < -0.39 is 0 Å². The second-order valence-electron chi connectivity index (χ2n) is 5.21. The molecule has 20 heavy (non-hydrogen) atoms. The SMILES string of the molecule is COCCC1(C)COCC(COc2ccc(Br)cc2)O1. The van der Waals surface area contributed by atoms with E-state index in [0.717, 1.165) is 16.6 Å². The molecular weight excluding hydrogens is 324 g/mol. The third-order valence-corrected chi connectivity index (χ3v) is 3.78. The highest BCUT2D eigenvalue weighted by Gasteiger charge is 2.33. The van der Waals surface area contributed by atoms with Gasteiger partial charge in [0.05, 0.1) is 18.8 Å². The Balaban J connectivity index is 1.82. The van der Waals surface area contributed by atoms with Crippen LogP contribution in [0.15, 0.2) is 28.7 Å². The first-order valence-corrected chi connectivity index (χ1v) is 7.53. The van der Waals surface area contributed by atoms with E-state index in [9.17, 15) is 0 Å². The minimum absolute atomic E-state index is 0.0470. The molecule has 112 valence electrons. The maximum absolute atomic E-state index is 6.08. The third-order valence-electron chi connectivity index (χ3n) is 3.25. The van der Waals surface area contributed by atoms with Crippen molar-refractivity contribution in [3.63, 3.8) is 0 Å². The molecule has 0 aliphatic carbocycles. The van der Waals surface area contributed by atoms with Gasteiger partial charge in [-0.15, -0.1) is 0 Å². The van der Waals surface area contributed by atoms with Crippen molar-refractivity contribution in [2.45, 2.75) is 25.0 Å². The van der Waals surface area contributed by atoms with E-state index in [0.29, 0.717) is 26.4 Å². The molecule has 1 fully saturated rings. The highest BCUT2D eigenvalue weighted by molar-refractivity contribution is 9.10. The molecule has 1 aliphatic heterocycles. The molecule has 2 atom stereocenters. The molecule has 0 saturated carbocycles. The molecule has 2 rings (SSSR count). The standard InChI is InChI=1S/C15H21BrO4/c1-15(7-8-17-2)11-18-9-14(20-15)10-19-13-5-3-12(16)4-6-13/h3-6,14H,7-11H2,1-2H3. The fraction of sp³-hybridized carbons (Fsp3) is 0.600. The van der Waals surface area contributed by atoms with Crippen LogP contribution in [0.3, 0.4) is 0 Å². The minimum atomic E-state index is -0.290. The predicted octanol–water partition coefficient (Wildman–Crippen LogP) is 3.04. The van der Waals surface area contributed by atoms with Crippen molar-refractivity contribution < 1.29 is 18.9 Å². The van der Waals surface area contributed by atoms with Gasteiger partial charge < -0.3 is 18.9 Å². The molecule has 0 radical (unpaired) electrons. The second kappa shape index (κ2) is 7.41. The van der Waals surface area contributed by atoms with Crippen LogP contribution in [0.2, 0.25) is 0 Å². The number of benzene rings is 1. The van der Waals surface area contributed by atoms with Crippen molar-refractivity contribution in [1.29, 1.82) is 0 Å². The lowest BCUT2D eigenvalue weighted by Gasteiger charge is -2.38. The summed E-state index contributed by atoms with van der Waals surface area (Å²) in [5.41, 5.74) is -0.290. The molecule has 0 spiro atoms. The van der Waals surface area contributed by atoms with Crippen LogP contribution in [0.1, 0.15) is 13.3 Å². The van der Waals surface area contributed by atoms with Crippen LogP contribution in [0, 0.1) is 0 Å². The fourth-order valence-corrected chi connectivity index (χ4v) is 2.39. The van der Waals surface area contributed by atoms with E-state index in [2.05, 4.69) is 22.9 Å². The van der Waals surface area contributed by atoms with Crippen LogP contribution in [-0.2, 0) is 14.2 Å².